The number of anilines is 6. The summed E-state index contributed by atoms with van der Waals surface area (Å²) in [7, 11) is 0. The highest BCUT2D eigenvalue weighted by molar-refractivity contribution is 7.20. The maximum atomic E-state index is 7.02. The summed E-state index contributed by atoms with van der Waals surface area (Å²) in [6.07, 6.45) is 1.58. The molecule has 0 spiro atoms. The first-order valence-corrected chi connectivity index (χ1v) is 24.8. The van der Waals surface area contributed by atoms with Crippen molar-refractivity contribution < 1.29 is 4.42 Å². The highest BCUT2D eigenvalue weighted by atomic mass is 32.1. The predicted octanol–water partition coefficient (Wildman–Crippen LogP) is 18.4. The van der Waals surface area contributed by atoms with Crippen LogP contribution in [0.25, 0.3) is 53.9 Å². The Morgan fingerprint density at radius 3 is 1.73 bits per heavy atom. The zero-order valence-corrected chi connectivity index (χ0v) is 39.4. The number of hydrogen-bond acceptors (Lipinski definition) is 5. The molecule has 1 aliphatic rings. The van der Waals surface area contributed by atoms with E-state index in [1.165, 1.54) is 59.8 Å². The van der Waals surface area contributed by atoms with Crippen LogP contribution in [0.1, 0.15) is 48.6 Å². The van der Waals surface area contributed by atoms with E-state index in [0.29, 0.717) is 0 Å². The van der Waals surface area contributed by atoms with Gasteiger partial charge in [0, 0.05) is 61.8 Å². The molecule has 0 bridgehead atoms. The number of nitrogens with zero attached hydrogens (tertiary/aromatic N) is 2. The van der Waals surface area contributed by atoms with E-state index >= 15 is 0 Å². The summed E-state index contributed by atoms with van der Waals surface area (Å²) >= 11 is 3.70. The number of hydrogen-bond donors (Lipinski definition) is 0. The van der Waals surface area contributed by atoms with Crippen LogP contribution in [-0.2, 0) is 18.3 Å². The minimum absolute atomic E-state index is 0.0271. The first-order chi connectivity index (χ1) is 32.8. The molecule has 1 aliphatic heterocycles. The van der Waals surface area contributed by atoms with Crippen molar-refractivity contribution in [1.82, 2.24) is 0 Å². The lowest BCUT2D eigenvalue weighted by Crippen LogP contribution is -2.16. The van der Waals surface area contributed by atoms with Crippen LogP contribution in [0, 0.1) is 0 Å². The van der Waals surface area contributed by atoms with Crippen molar-refractivity contribution in [3.8, 4) is 32.0 Å². The van der Waals surface area contributed by atoms with Crippen molar-refractivity contribution in [3.63, 3.8) is 0 Å². The van der Waals surface area contributed by atoms with Gasteiger partial charge >= 0.3 is 0 Å². The fourth-order valence-corrected chi connectivity index (χ4v) is 11.9. The van der Waals surface area contributed by atoms with Gasteiger partial charge in [-0.15, -0.1) is 22.7 Å². The Kier molecular flexibility index (Phi) is 10.3. The molecule has 0 unspecified atom stereocenters. The molecule has 324 valence electrons. The molecule has 0 fully saturated rings. The second-order valence-electron chi connectivity index (χ2n) is 18.6. The van der Waals surface area contributed by atoms with Crippen LogP contribution in [0.4, 0.5) is 34.1 Å². The lowest BCUT2D eigenvalue weighted by Gasteiger charge is -2.32. The average Bonchev–Trinajstić information content (AvgIpc) is 4.12. The number of rotatable bonds is 6. The van der Waals surface area contributed by atoms with Gasteiger partial charge < -0.3 is 14.2 Å². The molecule has 0 N–H and O–H groups in total. The van der Waals surface area contributed by atoms with Crippen molar-refractivity contribution in [2.75, 3.05) is 9.80 Å². The number of para-hydroxylation sites is 2. The zero-order chi connectivity index (χ0) is 45.1. The number of thiophene rings is 2. The number of benzene rings is 8. The Labute approximate surface area is 400 Å². The van der Waals surface area contributed by atoms with Crippen molar-refractivity contribution in [2.24, 2.45) is 0 Å². The van der Waals surface area contributed by atoms with E-state index in [1.54, 1.807) is 0 Å². The van der Waals surface area contributed by atoms with Gasteiger partial charge in [0.15, 0.2) is 5.58 Å². The first-order valence-electron chi connectivity index (χ1n) is 23.0. The van der Waals surface area contributed by atoms with Gasteiger partial charge in [0.2, 0.25) is 0 Å². The predicted molar refractivity (Wildman–Crippen MR) is 286 cm³/mol. The molecule has 11 aromatic rings. The SMILES string of the molecule is CC(C)(C)c1ccc(N(c2ccc(-c3ccc(-c4ccccc4)cc3)cc2)c2cccc(N3c4ccccc4Cc4ccsc4-c4sccc4Cc4ccc5c(oc6ccccc65)c43)c2)cc1. The third kappa shape index (κ3) is 7.55. The third-order valence-corrected chi connectivity index (χ3v) is 15.4. The van der Waals surface area contributed by atoms with Crippen LogP contribution >= 0.6 is 22.7 Å². The fraction of sp³-hybridized carbons (Fsp3) is 0.0968. The second-order valence-corrected chi connectivity index (χ2v) is 20.4. The zero-order valence-electron chi connectivity index (χ0n) is 37.7. The van der Waals surface area contributed by atoms with E-state index in [4.69, 9.17) is 4.42 Å². The molecule has 0 aliphatic carbocycles. The molecule has 8 aromatic carbocycles. The van der Waals surface area contributed by atoms with E-state index in [2.05, 4.69) is 242 Å². The molecule has 4 heterocycles. The van der Waals surface area contributed by atoms with E-state index in [1.807, 2.05) is 22.7 Å². The summed E-state index contributed by atoms with van der Waals surface area (Å²) in [5.41, 5.74) is 19.6. The van der Waals surface area contributed by atoms with E-state index in [-0.39, 0.29) is 5.41 Å². The van der Waals surface area contributed by atoms with E-state index in [9.17, 15) is 0 Å². The van der Waals surface area contributed by atoms with Crippen molar-refractivity contribution in [1.29, 1.82) is 0 Å². The minimum Gasteiger partial charge on any atom is -0.454 e. The summed E-state index contributed by atoms with van der Waals surface area (Å²) in [5.74, 6) is 0. The molecule has 3 aromatic heterocycles. The molecule has 0 atom stereocenters. The van der Waals surface area contributed by atoms with Gasteiger partial charge in [-0.1, -0.05) is 154 Å². The molecule has 67 heavy (non-hydrogen) atoms. The summed E-state index contributed by atoms with van der Waals surface area (Å²) in [5, 5.41) is 6.75. The van der Waals surface area contributed by atoms with Gasteiger partial charge in [-0.3, -0.25) is 0 Å². The minimum atomic E-state index is 0.0271. The topological polar surface area (TPSA) is 19.6 Å². The van der Waals surface area contributed by atoms with E-state index < -0.39 is 0 Å². The summed E-state index contributed by atoms with van der Waals surface area (Å²) in [4.78, 5) is 7.61. The smallest absolute Gasteiger partial charge is 0.159 e. The van der Waals surface area contributed by atoms with Gasteiger partial charge in [-0.05, 0) is 133 Å². The molecular formula is C62H48N2OS2. The van der Waals surface area contributed by atoms with Gasteiger partial charge in [0.1, 0.15) is 5.58 Å². The van der Waals surface area contributed by atoms with Crippen LogP contribution in [0.15, 0.2) is 215 Å². The maximum absolute atomic E-state index is 7.02. The van der Waals surface area contributed by atoms with Crippen LogP contribution < -0.4 is 9.80 Å². The quantitative estimate of drug-likeness (QED) is 0.166. The largest absolute Gasteiger partial charge is 0.454 e. The Morgan fingerprint density at radius 2 is 1.04 bits per heavy atom. The molecule has 0 radical (unpaired) electrons. The lowest BCUT2D eigenvalue weighted by molar-refractivity contribution is 0.590. The van der Waals surface area contributed by atoms with Gasteiger partial charge in [-0.2, -0.15) is 0 Å². The Hall–Kier alpha value is -7.44. The molecule has 3 nitrogen and oxygen atoms in total. The highest BCUT2D eigenvalue weighted by Crippen LogP contribution is 2.50. The second kappa shape index (κ2) is 16.8. The summed E-state index contributed by atoms with van der Waals surface area (Å²) in [6, 6.07) is 73.4. The third-order valence-electron chi connectivity index (χ3n) is 13.3. The monoisotopic (exact) mass is 900 g/mol. The van der Waals surface area contributed by atoms with Crippen LogP contribution in [0.2, 0.25) is 0 Å². The van der Waals surface area contributed by atoms with Gasteiger partial charge in [0.25, 0.3) is 0 Å². The number of furan rings is 1. The fourth-order valence-electron chi connectivity index (χ4n) is 9.85. The lowest BCUT2D eigenvalue weighted by atomic mass is 9.87. The Balaban J connectivity index is 1.04. The molecular weight excluding hydrogens is 853 g/mol. The first kappa shape index (κ1) is 41.0. The highest BCUT2D eigenvalue weighted by Gasteiger charge is 2.28. The van der Waals surface area contributed by atoms with Crippen molar-refractivity contribution in [3.05, 3.63) is 239 Å². The van der Waals surface area contributed by atoms with Gasteiger partial charge in [-0.25, -0.2) is 0 Å². The summed E-state index contributed by atoms with van der Waals surface area (Å²) < 4.78 is 7.02. The Bertz CT molecular complexity index is 3550. The van der Waals surface area contributed by atoms with Crippen molar-refractivity contribution >= 4 is 78.7 Å². The molecule has 0 saturated heterocycles. The van der Waals surface area contributed by atoms with Crippen molar-refractivity contribution in [2.45, 2.75) is 39.0 Å². The van der Waals surface area contributed by atoms with Crippen LogP contribution in [0.3, 0.4) is 0 Å². The molecule has 0 saturated carbocycles. The standard InChI is InChI=1S/C62H48N2OS2/c1-62(2,3)49-27-31-51(32-28-49)63(50-29-24-44(25-30-50)43-22-20-42(21-23-43)41-12-5-4-6-13-41)52-15-11-16-53(40-52)64-56-18-9-7-14-45(56)38-47-34-36-66-60(47)61-48(35-37-67-61)39-46-26-33-55-54-17-8-10-19-57(54)65-59(55)58(46)64/h4-37,40H,38-39H2,1-3H3. The van der Waals surface area contributed by atoms with E-state index in [0.717, 1.165) is 68.9 Å². The number of fused-ring (bicyclic) bond motifs is 9. The summed E-state index contributed by atoms with van der Waals surface area (Å²) in [6.45, 7) is 6.82. The van der Waals surface area contributed by atoms with Gasteiger partial charge in [0.05, 0.1) is 5.69 Å². The normalized spacial score (nSPS) is 12.6. The Morgan fingerprint density at radius 1 is 0.463 bits per heavy atom. The molecule has 5 heteroatoms. The molecule has 0 amide bonds. The molecule has 12 rings (SSSR count). The van der Waals surface area contributed by atoms with Crippen LogP contribution in [-0.4, -0.2) is 0 Å². The average molecular weight is 901 g/mol. The maximum Gasteiger partial charge on any atom is 0.159 e. The van der Waals surface area contributed by atoms with Crippen LogP contribution in [0.5, 0.6) is 0 Å².